The molecule has 0 aliphatic rings. The van der Waals surface area contributed by atoms with Crippen LogP contribution in [-0.2, 0) is 11.3 Å². The van der Waals surface area contributed by atoms with E-state index < -0.39 is 0 Å². The van der Waals surface area contributed by atoms with Crippen molar-refractivity contribution >= 4 is 17.2 Å². The summed E-state index contributed by atoms with van der Waals surface area (Å²) in [5.74, 6) is 0.698. The Morgan fingerprint density at radius 2 is 2.33 bits per heavy atom. The summed E-state index contributed by atoms with van der Waals surface area (Å²) in [6.07, 6.45) is 3.63. The van der Waals surface area contributed by atoms with Crippen molar-refractivity contribution in [2.75, 3.05) is 6.54 Å². The minimum absolute atomic E-state index is 0.123. The van der Waals surface area contributed by atoms with Crippen LogP contribution in [-0.4, -0.2) is 17.4 Å². The lowest BCUT2D eigenvalue weighted by molar-refractivity contribution is -0.121. The van der Waals surface area contributed by atoms with Crippen molar-refractivity contribution in [3.8, 4) is 0 Å². The van der Waals surface area contributed by atoms with Crippen molar-refractivity contribution in [1.29, 1.82) is 0 Å². The number of hydrogen-bond acceptors (Lipinski definition) is 4. The lowest BCUT2D eigenvalue weighted by atomic mass is 9.96. The number of carbonyl (C=O) groups excluding carboxylic acids is 1. The van der Waals surface area contributed by atoms with E-state index in [1.165, 1.54) is 0 Å². The maximum atomic E-state index is 11.7. The Bertz CT molecular complexity index is 365. The topological polar surface area (TPSA) is 68.0 Å². The van der Waals surface area contributed by atoms with Crippen molar-refractivity contribution in [2.24, 2.45) is 11.7 Å². The number of nitrogens with two attached hydrogens (primary N) is 1. The average Bonchev–Trinajstić information content (AvgIpc) is 2.77. The molecule has 0 radical (unpaired) electrons. The van der Waals surface area contributed by atoms with E-state index in [2.05, 4.69) is 17.2 Å². The van der Waals surface area contributed by atoms with Gasteiger partial charge in [-0.15, -0.1) is 11.3 Å². The molecule has 102 valence electrons. The second-order valence-electron chi connectivity index (χ2n) is 4.53. The van der Waals surface area contributed by atoms with Gasteiger partial charge in [-0.3, -0.25) is 4.79 Å². The van der Waals surface area contributed by atoms with Gasteiger partial charge in [0.05, 0.1) is 17.7 Å². The second-order valence-corrected chi connectivity index (χ2v) is 5.47. The number of carbonyl (C=O) groups is 1. The van der Waals surface area contributed by atoms with Crippen LogP contribution >= 0.6 is 11.3 Å². The maximum absolute atomic E-state index is 11.7. The molecule has 1 rings (SSSR count). The molecular formula is C13H23N3OS. The fourth-order valence-corrected chi connectivity index (χ4v) is 2.60. The minimum Gasteiger partial charge on any atom is -0.351 e. The molecule has 0 aliphatic carbocycles. The molecule has 4 nitrogen and oxygen atoms in total. The predicted molar refractivity (Wildman–Crippen MR) is 75.4 cm³/mol. The summed E-state index contributed by atoms with van der Waals surface area (Å²) in [6, 6.07) is 0. The Kier molecular flexibility index (Phi) is 6.90. The summed E-state index contributed by atoms with van der Waals surface area (Å²) < 4.78 is 0. The van der Waals surface area contributed by atoms with Gasteiger partial charge in [0, 0.05) is 11.3 Å². The third-order valence-electron chi connectivity index (χ3n) is 3.22. The molecule has 0 bridgehead atoms. The molecule has 1 atom stereocenters. The van der Waals surface area contributed by atoms with Crippen molar-refractivity contribution < 1.29 is 4.79 Å². The third-order valence-corrected chi connectivity index (χ3v) is 4.16. The number of amides is 1. The Balaban J connectivity index is 2.23. The Labute approximate surface area is 113 Å². The first-order chi connectivity index (χ1) is 8.67. The number of aromatic nitrogens is 1. The summed E-state index contributed by atoms with van der Waals surface area (Å²) in [6.45, 7) is 5.43. The van der Waals surface area contributed by atoms with Crippen LogP contribution in [0.25, 0.3) is 0 Å². The summed E-state index contributed by atoms with van der Waals surface area (Å²) in [4.78, 5) is 17.0. The highest BCUT2D eigenvalue weighted by Crippen LogP contribution is 2.15. The summed E-state index contributed by atoms with van der Waals surface area (Å²) in [7, 11) is 0. The highest BCUT2D eigenvalue weighted by Gasteiger charge is 2.09. The first-order valence-corrected chi connectivity index (χ1v) is 7.41. The molecule has 1 aromatic rings. The van der Waals surface area contributed by atoms with E-state index in [1.54, 1.807) is 11.3 Å². The molecule has 1 aromatic heterocycles. The smallest absolute Gasteiger partial charge is 0.220 e. The SMILES string of the molecule is CCC(CCN)CCC(=O)NCc1scnc1C. The lowest BCUT2D eigenvalue weighted by Gasteiger charge is -2.13. The Hall–Kier alpha value is -0.940. The third kappa shape index (κ3) is 5.14. The average molecular weight is 269 g/mol. The summed E-state index contributed by atoms with van der Waals surface area (Å²) in [5.41, 5.74) is 8.36. The lowest BCUT2D eigenvalue weighted by Crippen LogP contribution is -2.23. The molecule has 0 saturated heterocycles. The van der Waals surface area contributed by atoms with E-state index >= 15 is 0 Å². The van der Waals surface area contributed by atoms with Gasteiger partial charge < -0.3 is 11.1 Å². The van der Waals surface area contributed by atoms with Crippen LogP contribution in [0.1, 0.15) is 43.2 Å². The van der Waals surface area contributed by atoms with Crippen LogP contribution in [0.3, 0.4) is 0 Å². The standard InChI is InChI=1S/C13H23N3OS/c1-3-11(6-7-14)4-5-13(17)15-8-12-10(2)16-9-18-12/h9,11H,3-8,14H2,1-2H3,(H,15,17). The number of aryl methyl sites for hydroxylation is 1. The fraction of sp³-hybridized carbons (Fsp3) is 0.692. The van der Waals surface area contributed by atoms with Gasteiger partial charge >= 0.3 is 0 Å². The van der Waals surface area contributed by atoms with E-state index in [-0.39, 0.29) is 5.91 Å². The molecule has 1 heterocycles. The number of nitrogens with one attached hydrogen (secondary N) is 1. The van der Waals surface area contributed by atoms with Crippen LogP contribution in [0, 0.1) is 12.8 Å². The van der Waals surface area contributed by atoms with Crippen molar-refractivity contribution in [3.05, 3.63) is 16.1 Å². The molecule has 1 unspecified atom stereocenters. The van der Waals surface area contributed by atoms with Crippen molar-refractivity contribution in [3.63, 3.8) is 0 Å². The van der Waals surface area contributed by atoms with Crippen LogP contribution in [0.4, 0.5) is 0 Å². The van der Waals surface area contributed by atoms with Crippen molar-refractivity contribution in [1.82, 2.24) is 10.3 Å². The van der Waals surface area contributed by atoms with Gasteiger partial charge in [0.2, 0.25) is 5.91 Å². The van der Waals surface area contributed by atoms with Crippen LogP contribution in [0.2, 0.25) is 0 Å². The summed E-state index contributed by atoms with van der Waals surface area (Å²) in [5, 5.41) is 2.95. The quantitative estimate of drug-likeness (QED) is 0.760. The monoisotopic (exact) mass is 269 g/mol. The first kappa shape index (κ1) is 15.1. The largest absolute Gasteiger partial charge is 0.351 e. The molecule has 0 saturated carbocycles. The van der Waals surface area contributed by atoms with E-state index in [0.717, 1.165) is 29.8 Å². The van der Waals surface area contributed by atoms with Gasteiger partial charge in [-0.05, 0) is 32.2 Å². The molecule has 0 fully saturated rings. The zero-order valence-corrected chi connectivity index (χ0v) is 12.1. The van der Waals surface area contributed by atoms with Crippen LogP contribution in [0.5, 0.6) is 0 Å². The van der Waals surface area contributed by atoms with Crippen LogP contribution in [0.15, 0.2) is 5.51 Å². The normalized spacial score (nSPS) is 12.4. The van der Waals surface area contributed by atoms with Crippen molar-refractivity contribution in [2.45, 2.75) is 46.1 Å². The Morgan fingerprint density at radius 3 is 2.89 bits per heavy atom. The minimum atomic E-state index is 0.123. The predicted octanol–water partition coefficient (Wildman–Crippen LogP) is 2.22. The number of rotatable bonds is 8. The van der Waals surface area contributed by atoms with Gasteiger partial charge in [-0.2, -0.15) is 0 Å². The molecule has 5 heteroatoms. The highest BCUT2D eigenvalue weighted by molar-refractivity contribution is 7.09. The maximum Gasteiger partial charge on any atom is 0.220 e. The molecular weight excluding hydrogens is 246 g/mol. The van der Waals surface area contributed by atoms with Gasteiger partial charge in [-0.25, -0.2) is 4.98 Å². The van der Waals surface area contributed by atoms with Gasteiger partial charge in [0.15, 0.2) is 0 Å². The van der Waals surface area contributed by atoms with E-state index in [4.69, 9.17) is 5.73 Å². The molecule has 0 aliphatic heterocycles. The van der Waals surface area contributed by atoms with E-state index in [1.807, 2.05) is 12.4 Å². The first-order valence-electron chi connectivity index (χ1n) is 6.53. The molecule has 1 amide bonds. The summed E-state index contributed by atoms with van der Waals surface area (Å²) >= 11 is 1.59. The zero-order chi connectivity index (χ0) is 13.4. The molecule has 0 aromatic carbocycles. The highest BCUT2D eigenvalue weighted by atomic mass is 32.1. The number of hydrogen-bond donors (Lipinski definition) is 2. The van der Waals surface area contributed by atoms with Gasteiger partial charge in [0.25, 0.3) is 0 Å². The zero-order valence-electron chi connectivity index (χ0n) is 11.2. The van der Waals surface area contributed by atoms with Gasteiger partial charge in [0.1, 0.15) is 0 Å². The number of nitrogens with zero attached hydrogens (tertiary/aromatic N) is 1. The fourth-order valence-electron chi connectivity index (χ4n) is 1.89. The Morgan fingerprint density at radius 1 is 1.56 bits per heavy atom. The van der Waals surface area contributed by atoms with E-state index in [0.29, 0.717) is 25.4 Å². The molecule has 18 heavy (non-hydrogen) atoms. The van der Waals surface area contributed by atoms with Gasteiger partial charge in [-0.1, -0.05) is 13.3 Å². The molecule has 0 spiro atoms. The second kappa shape index (κ2) is 8.21. The van der Waals surface area contributed by atoms with Crippen LogP contribution < -0.4 is 11.1 Å². The van der Waals surface area contributed by atoms with E-state index in [9.17, 15) is 4.79 Å². The molecule has 3 N–H and O–H groups in total. The number of thiazole rings is 1.